The highest BCUT2D eigenvalue weighted by Crippen LogP contribution is 2.04. The summed E-state index contributed by atoms with van der Waals surface area (Å²) in [6.45, 7) is 4.11. The van der Waals surface area contributed by atoms with E-state index >= 15 is 0 Å². The highest BCUT2D eigenvalue weighted by molar-refractivity contribution is 5.90. The molecule has 0 aliphatic rings. The third kappa shape index (κ3) is 1.34. The number of esters is 1. The molecular formula is C9H14N2O3. The van der Waals surface area contributed by atoms with Crippen LogP contribution in [0.1, 0.15) is 23.0 Å². The Kier molecular flexibility index (Phi) is 2.78. The molecule has 78 valence electrons. The van der Waals surface area contributed by atoms with Gasteiger partial charge in [-0.25, -0.2) is 4.79 Å². The van der Waals surface area contributed by atoms with E-state index in [9.17, 15) is 9.59 Å². The first-order valence-electron chi connectivity index (χ1n) is 4.39. The average Bonchev–Trinajstić information content (AvgIpc) is 2.38. The van der Waals surface area contributed by atoms with Gasteiger partial charge < -0.3 is 4.74 Å². The van der Waals surface area contributed by atoms with Crippen molar-refractivity contribution in [1.29, 1.82) is 0 Å². The lowest BCUT2D eigenvalue weighted by atomic mass is 10.2. The van der Waals surface area contributed by atoms with Crippen molar-refractivity contribution < 1.29 is 9.53 Å². The van der Waals surface area contributed by atoms with Crippen molar-refractivity contribution in [2.75, 3.05) is 7.11 Å². The van der Waals surface area contributed by atoms with Gasteiger partial charge in [0.05, 0.1) is 12.8 Å². The molecule has 0 amide bonds. The van der Waals surface area contributed by atoms with Gasteiger partial charge in [-0.3, -0.25) is 14.2 Å². The van der Waals surface area contributed by atoms with Crippen LogP contribution in [0.4, 0.5) is 0 Å². The second kappa shape index (κ2) is 3.69. The minimum Gasteiger partial charge on any atom is -0.465 e. The molecule has 0 unspecified atom stereocenters. The second-order valence-electron chi connectivity index (χ2n) is 3.00. The number of methoxy groups -OCH3 is 1. The number of carbonyl (C=O) groups excluding carboxylic acids is 1. The zero-order valence-corrected chi connectivity index (χ0v) is 8.83. The largest absolute Gasteiger partial charge is 0.465 e. The number of hydrogen-bond acceptors (Lipinski definition) is 3. The maximum Gasteiger partial charge on any atom is 0.345 e. The van der Waals surface area contributed by atoms with Gasteiger partial charge in [-0.1, -0.05) is 0 Å². The molecule has 0 aliphatic carbocycles. The molecule has 1 rings (SSSR count). The van der Waals surface area contributed by atoms with Crippen molar-refractivity contribution in [2.45, 2.75) is 20.4 Å². The van der Waals surface area contributed by atoms with Crippen LogP contribution >= 0.6 is 0 Å². The van der Waals surface area contributed by atoms with Crippen LogP contribution in [0.25, 0.3) is 0 Å². The fourth-order valence-corrected chi connectivity index (χ4v) is 1.46. The Morgan fingerprint density at radius 3 is 2.43 bits per heavy atom. The van der Waals surface area contributed by atoms with Crippen LogP contribution in [0.3, 0.4) is 0 Å². The molecule has 5 heteroatoms. The number of nitrogens with zero attached hydrogens (tertiary/aromatic N) is 2. The highest BCUT2D eigenvalue weighted by atomic mass is 16.5. The van der Waals surface area contributed by atoms with E-state index in [0.29, 0.717) is 12.2 Å². The van der Waals surface area contributed by atoms with Gasteiger partial charge in [-0.15, -0.1) is 0 Å². The van der Waals surface area contributed by atoms with Gasteiger partial charge in [0, 0.05) is 13.6 Å². The first-order chi connectivity index (χ1) is 6.54. The number of hydrogen-bond donors (Lipinski definition) is 0. The van der Waals surface area contributed by atoms with Crippen molar-refractivity contribution in [1.82, 2.24) is 9.36 Å². The summed E-state index contributed by atoms with van der Waals surface area (Å²) in [4.78, 5) is 23.0. The van der Waals surface area contributed by atoms with Gasteiger partial charge in [-0.2, -0.15) is 0 Å². The SMILES string of the molecule is CCn1c(=O)c(C(=O)OC)c(C)n1C. The summed E-state index contributed by atoms with van der Waals surface area (Å²) in [7, 11) is 3.01. The summed E-state index contributed by atoms with van der Waals surface area (Å²) < 4.78 is 7.69. The minimum absolute atomic E-state index is 0.122. The van der Waals surface area contributed by atoms with Crippen molar-refractivity contribution in [2.24, 2.45) is 7.05 Å². The van der Waals surface area contributed by atoms with E-state index in [-0.39, 0.29) is 11.1 Å². The first-order valence-corrected chi connectivity index (χ1v) is 4.39. The molecule has 0 fully saturated rings. The summed E-state index contributed by atoms with van der Waals surface area (Å²) >= 11 is 0. The highest BCUT2D eigenvalue weighted by Gasteiger charge is 2.20. The molecule has 0 N–H and O–H groups in total. The molecule has 0 radical (unpaired) electrons. The Morgan fingerprint density at radius 2 is 2.07 bits per heavy atom. The lowest BCUT2D eigenvalue weighted by Gasteiger charge is -2.03. The molecule has 1 aromatic rings. The molecular weight excluding hydrogens is 184 g/mol. The van der Waals surface area contributed by atoms with E-state index in [1.165, 1.54) is 11.8 Å². The zero-order valence-electron chi connectivity index (χ0n) is 8.83. The predicted molar refractivity (Wildman–Crippen MR) is 51.4 cm³/mol. The van der Waals surface area contributed by atoms with Crippen molar-refractivity contribution in [3.05, 3.63) is 21.6 Å². The Bertz CT molecular complexity index is 414. The molecule has 1 heterocycles. The van der Waals surface area contributed by atoms with Crippen LogP contribution in [-0.4, -0.2) is 22.4 Å². The van der Waals surface area contributed by atoms with Crippen molar-refractivity contribution >= 4 is 5.97 Å². The van der Waals surface area contributed by atoms with E-state index < -0.39 is 5.97 Å². The Hall–Kier alpha value is -1.52. The number of ether oxygens (including phenoxy) is 1. The quantitative estimate of drug-likeness (QED) is 0.642. The molecule has 0 saturated carbocycles. The maximum absolute atomic E-state index is 11.7. The predicted octanol–water partition coefficient (Wildman–Crippen LogP) is 0.302. The van der Waals surface area contributed by atoms with E-state index in [2.05, 4.69) is 4.74 Å². The summed E-state index contributed by atoms with van der Waals surface area (Å²) in [6, 6.07) is 0. The van der Waals surface area contributed by atoms with Crippen LogP contribution in [0.2, 0.25) is 0 Å². The van der Waals surface area contributed by atoms with Gasteiger partial charge in [0.25, 0.3) is 5.56 Å². The lowest BCUT2D eigenvalue weighted by Crippen LogP contribution is -2.23. The summed E-state index contributed by atoms with van der Waals surface area (Å²) in [5, 5.41) is 0. The number of aromatic nitrogens is 2. The van der Waals surface area contributed by atoms with Crippen LogP contribution in [0.15, 0.2) is 4.79 Å². The van der Waals surface area contributed by atoms with Crippen LogP contribution in [0, 0.1) is 6.92 Å². The molecule has 0 bridgehead atoms. The average molecular weight is 198 g/mol. The Balaban J connectivity index is 3.46. The van der Waals surface area contributed by atoms with Crippen LogP contribution in [0.5, 0.6) is 0 Å². The minimum atomic E-state index is -0.574. The fourth-order valence-electron chi connectivity index (χ4n) is 1.46. The summed E-state index contributed by atoms with van der Waals surface area (Å²) in [6.07, 6.45) is 0. The van der Waals surface area contributed by atoms with Gasteiger partial charge in [0.2, 0.25) is 0 Å². The van der Waals surface area contributed by atoms with E-state index in [4.69, 9.17) is 0 Å². The first kappa shape index (κ1) is 10.6. The molecule has 14 heavy (non-hydrogen) atoms. The normalized spacial score (nSPS) is 10.3. The third-order valence-electron chi connectivity index (χ3n) is 2.35. The third-order valence-corrected chi connectivity index (χ3v) is 2.35. The van der Waals surface area contributed by atoms with E-state index in [1.54, 1.807) is 18.7 Å². The van der Waals surface area contributed by atoms with Gasteiger partial charge >= 0.3 is 5.97 Å². The van der Waals surface area contributed by atoms with Gasteiger partial charge in [0.15, 0.2) is 0 Å². The Morgan fingerprint density at radius 1 is 1.50 bits per heavy atom. The van der Waals surface area contributed by atoms with Gasteiger partial charge in [0.1, 0.15) is 5.56 Å². The topological polar surface area (TPSA) is 53.2 Å². The zero-order chi connectivity index (χ0) is 10.9. The molecule has 1 aromatic heterocycles. The lowest BCUT2D eigenvalue weighted by molar-refractivity contribution is 0.0598. The van der Waals surface area contributed by atoms with Crippen LogP contribution in [-0.2, 0) is 18.3 Å². The van der Waals surface area contributed by atoms with Crippen molar-refractivity contribution in [3.63, 3.8) is 0 Å². The number of rotatable bonds is 2. The van der Waals surface area contributed by atoms with E-state index in [1.807, 2.05) is 6.92 Å². The van der Waals surface area contributed by atoms with Crippen molar-refractivity contribution in [3.8, 4) is 0 Å². The smallest absolute Gasteiger partial charge is 0.345 e. The van der Waals surface area contributed by atoms with E-state index in [0.717, 1.165) is 0 Å². The molecule has 0 saturated heterocycles. The molecule has 5 nitrogen and oxygen atoms in total. The molecule has 0 atom stereocenters. The number of carbonyl (C=O) groups is 1. The maximum atomic E-state index is 11.7. The fraction of sp³-hybridized carbons (Fsp3) is 0.556. The second-order valence-corrected chi connectivity index (χ2v) is 3.00. The van der Waals surface area contributed by atoms with Gasteiger partial charge in [-0.05, 0) is 13.8 Å². The molecule has 0 spiro atoms. The molecule has 0 aliphatic heterocycles. The van der Waals surface area contributed by atoms with Crippen LogP contribution < -0.4 is 5.56 Å². The Labute approximate surface area is 81.9 Å². The standard InChI is InChI=1S/C9H14N2O3/c1-5-11-8(12)7(9(13)14-4)6(2)10(11)3/h5H2,1-4H3. The molecule has 0 aromatic carbocycles. The summed E-state index contributed by atoms with van der Waals surface area (Å²) in [5.74, 6) is -0.574. The monoisotopic (exact) mass is 198 g/mol. The summed E-state index contributed by atoms with van der Waals surface area (Å²) in [5.41, 5.74) is 0.458.